The first-order chi connectivity index (χ1) is 9.56. The van der Waals surface area contributed by atoms with Crippen molar-refractivity contribution in [2.75, 3.05) is 0 Å². The molecule has 2 aromatic heterocycles. The molecule has 1 aromatic carbocycles. The standard InChI is InChI=1S/C14H12F2N4/c1-8(2)20-6-11-13(17-7-18-14(11)19-20)10-4-3-9(15)5-12(10)16/h3-8H,1-2H3. The minimum atomic E-state index is -0.651. The molecule has 0 radical (unpaired) electrons. The Morgan fingerprint density at radius 1 is 1.15 bits per heavy atom. The van der Waals surface area contributed by atoms with E-state index in [0.717, 1.165) is 6.07 Å². The van der Waals surface area contributed by atoms with Crippen molar-refractivity contribution < 1.29 is 8.78 Å². The van der Waals surface area contributed by atoms with Crippen LogP contribution < -0.4 is 0 Å². The van der Waals surface area contributed by atoms with Gasteiger partial charge in [-0.2, -0.15) is 5.10 Å². The Balaban J connectivity index is 2.25. The van der Waals surface area contributed by atoms with Gasteiger partial charge in [-0.25, -0.2) is 18.7 Å². The molecular formula is C14H12F2N4. The predicted molar refractivity (Wildman–Crippen MR) is 71.1 cm³/mol. The summed E-state index contributed by atoms with van der Waals surface area (Å²) in [5.41, 5.74) is 1.15. The Kier molecular flexibility index (Phi) is 2.93. The SMILES string of the molecule is CC(C)n1cc2c(-c3ccc(F)cc3F)ncnc2n1. The van der Waals surface area contributed by atoms with E-state index in [2.05, 4.69) is 15.1 Å². The fourth-order valence-electron chi connectivity index (χ4n) is 2.02. The van der Waals surface area contributed by atoms with Gasteiger partial charge in [0, 0.05) is 23.9 Å². The maximum atomic E-state index is 13.9. The third-order valence-electron chi connectivity index (χ3n) is 3.05. The average molecular weight is 274 g/mol. The molecule has 0 fully saturated rings. The van der Waals surface area contributed by atoms with E-state index >= 15 is 0 Å². The van der Waals surface area contributed by atoms with E-state index < -0.39 is 11.6 Å². The van der Waals surface area contributed by atoms with Crippen LogP contribution in [-0.2, 0) is 0 Å². The molecule has 0 atom stereocenters. The molecule has 102 valence electrons. The summed E-state index contributed by atoms with van der Waals surface area (Å²) in [5, 5.41) is 4.96. The lowest BCUT2D eigenvalue weighted by Crippen LogP contribution is -2.00. The molecule has 0 unspecified atom stereocenters. The zero-order valence-corrected chi connectivity index (χ0v) is 11.0. The zero-order chi connectivity index (χ0) is 14.3. The van der Waals surface area contributed by atoms with E-state index in [1.165, 1.54) is 18.5 Å². The van der Waals surface area contributed by atoms with Gasteiger partial charge in [0.1, 0.15) is 18.0 Å². The minimum absolute atomic E-state index is 0.162. The average Bonchev–Trinajstić information content (AvgIpc) is 2.83. The molecule has 0 saturated heterocycles. The number of aromatic nitrogens is 4. The molecule has 0 aliphatic heterocycles. The summed E-state index contributed by atoms with van der Waals surface area (Å²) in [5.74, 6) is -1.27. The van der Waals surface area contributed by atoms with Crippen LogP contribution in [0, 0.1) is 11.6 Å². The zero-order valence-electron chi connectivity index (χ0n) is 11.0. The number of fused-ring (bicyclic) bond motifs is 1. The van der Waals surface area contributed by atoms with Crippen LogP contribution >= 0.6 is 0 Å². The number of hydrogen-bond donors (Lipinski definition) is 0. The van der Waals surface area contributed by atoms with Crippen LogP contribution in [0.25, 0.3) is 22.3 Å². The lowest BCUT2D eigenvalue weighted by Gasteiger charge is -2.03. The van der Waals surface area contributed by atoms with E-state index in [-0.39, 0.29) is 11.6 Å². The molecule has 6 heteroatoms. The van der Waals surface area contributed by atoms with Gasteiger partial charge in [0.15, 0.2) is 5.65 Å². The Morgan fingerprint density at radius 3 is 2.65 bits per heavy atom. The first kappa shape index (κ1) is 12.7. The van der Waals surface area contributed by atoms with Gasteiger partial charge in [0.25, 0.3) is 0 Å². The van der Waals surface area contributed by atoms with Crippen LogP contribution in [0.1, 0.15) is 19.9 Å². The van der Waals surface area contributed by atoms with Crippen LogP contribution in [0.4, 0.5) is 8.78 Å². The monoisotopic (exact) mass is 274 g/mol. The summed E-state index contributed by atoms with van der Waals surface area (Å²) in [6.07, 6.45) is 3.11. The molecule has 0 N–H and O–H groups in total. The van der Waals surface area contributed by atoms with Crippen molar-refractivity contribution in [2.45, 2.75) is 19.9 Å². The molecule has 0 aliphatic carbocycles. The van der Waals surface area contributed by atoms with Gasteiger partial charge in [-0.1, -0.05) is 0 Å². The first-order valence-electron chi connectivity index (χ1n) is 6.21. The highest BCUT2D eigenvalue weighted by molar-refractivity contribution is 5.89. The third kappa shape index (κ3) is 2.03. The largest absolute Gasteiger partial charge is 0.267 e. The van der Waals surface area contributed by atoms with Gasteiger partial charge < -0.3 is 0 Å². The predicted octanol–water partition coefficient (Wildman–Crippen LogP) is 3.35. The molecule has 0 bridgehead atoms. The van der Waals surface area contributed by atoms with E-state index in [1.807, 2.05) is 13.8 Å². The second kappa shape index (κ2) is 4.63. The summed E-state index contributed by atoms with van der Waals surface area (Å²) < 4.78 is 28.6. The highest BCUT2D eigenvalue weighted by atomic mass is 19.1. The maximum Gasteiger partial charge on any atom is 0.184 e. The van der Waals surface area contributed by atoms with E-state index in [0.29, 0.717) is 16.7 Å². The molecule has 0 aliphatic rings. The van der Waals surface area contributed by atoms with Crippen LogP contribution in [0.2, 0.25) is 0 Å². The Bertz CT molecular complexity index is 780. The molecular weight excluding hydrogens is 262 g/mol. The molecule has 0 spiro atoms. The lowest BCUT2D eigenvalue weighted by molar-refractivity contribution is 0.536. The number of halogens is 2. The third-order valence-corrected chi connectivity index (χ3v) is 3.05. The number of rotatable bonds is 2. The van der Waals surface area contributed by atoms with E-state index in [4.69, 9.17) is 0 Å². The first-order valence-corrected chi connectivity index (χ1v) is 6.21. The van der Waals surface area contributed by atoms with Crippen LogP contribution in [-0.4, -0.2) is 19.7 Å². The normalized spacial score (nSPS) is 11.4. The maximum absolute atomic E-state index is 13.9. The van der Waals surface area contributed by atoms with Crippen LogP contribution in [0.3, 0.4) is 0 Å². The fourth-order valence-corrected chi connectivity index (χ4v) is 2.02. The van der Waals surface area contributed by atoms with Crippen molar-refractivity contribution in [3.05, 3.63) is 42.4 Å². The molecule has 2 heterocycles. The van der Waals surface area contributed by atoms with Crippen LogP contribution in [0.15, 0.2) is 30.7 Å². The fraction of sp³-hybridized carbons (Fsp3) is 0.214. The molecule has 3 aromatic rings. The van der Waals surface area contributed by atoms with Crippen molar-refractivity contribution in [1.29, 1.82) is 0 Å². The Morgan fingerprint density at radius 2 is 1.95 bits per heavy atom. The minimum Gasteiger partial charge on any atom is -0.267 e. The molecule has 3 rings (SSSR count). The van der Waals surface area contributed by atoms with E-state index in [9.17, 15) is 8.78 Å². The second-order valence-corrected chi connectivity index (χ2v) is 4.79. The van der Waals surface area contributed by atoms with E-state index in [1.54, 1.807) is 10.9 Å². The smallest absolute Gasteiger partial charge is 0.184 e. The summed E-state index contributed by atoms with van der Waals surface area (Å²) in [6.45, 7) is 3.97. The molecule has 4 nitrogen and oxygen atoms in total. The van der Waals surface area contributed by atoms with Gasteiger partial charge in [-0.05, 0) is 26.0 Å². The number of benzene rings is 1. The quantitative estimate of drug-likeness (QED) is 0.719. The van der Waals surface area contributed by atoms with Gasteiger partial charge in [-0.3, -0.25) is 4.68 Å². The molecule has 20 heavy (non-hydrogen) atoms. The second-order valence-electron chi connectivity index (χ2n) is 4.79. The molecule has 0 saturated carbocycles. The van der Waals surface area contributed by atoms with Crippen LogP contribution in [0.5, 0.6) is 0 Å². The number of hydrogen-bond acceptors (Lipinski definition) is 3. The van der Waals surface area contributed by atoms with Crippen molar-refractivity contribution in [3.8, 4) is 11.3 Å². The Labute approximate surface area is 114 Å². The van der Waals surface area contributed by atoms with Crippen molar-refractivity contribution in [1.82, 2.24) is 19.7 Å². The summed E-state index contributed by atoms with van der Waals surface area (Å²) in [7, 11) is 0. The highest BCUT2D eigenvalue weighted by Gasteiger charge is 2.15. The highest BCUT2D eigenvalue weighted by Crippen LogP contribution is 2.27. The van der Waals surface area contributed by atoms with Gasteiger partial charge in [0.2, 0.25) is 0 Å². The lowest BCUT2D eigenvalue weighted by atomic mass is 10.1. The summed E-state index contributed by atoms with van der Waals surface area (Å²) in [6, 6.07) is 3.59. The van der Waals surface area contributed by atoms with Gasteiger partial charge in [-0.15, -0.1) is 0 Å². The summed E-state index contributed by atoms with van der Waals surface area (Å²) in [4.78, 5) is 8.19. The topological polar surface area (TPSA) is 43.6 Å². The number of nitrogens with zero attached hydrogens (tertiary/aromatic N) is 4. The van der Waals surface area contributed by atoms with Gasteiger partial charge in [0.05, 0.1) is 11.1 Å². The van der Waals surface area contributed by atoms with Crippen molar-refractivity contribution >= 4 is 11.0 Å². The molecule has 0 amide bonds. The Hall–Kier alpha value is -2.37. The van der Waals surface area contributed by atoms with Crippen molar-refractivity contribution in [2.24, 2.45) is 0 Å². The van der Waals surface area contributed by atoms with Crippen molar-refractivity contribution in [3.63, 3.8) is 0 Å². The van der Waals surface area contributed by atoms with Gasteiger partial charge >= 0.3 is 0 Å². The summed E-state index contributed by atoms with van der Waals surface area (Å²) >= 11 is 0.